The summed E-state index contributed by atoms with van der Waals surface area (Å²) in [6, 6.07) is 11.2. The van der Waals surface area contributed by atoms with Crippen LogP contribution in [0, 0.1) is 11.3 Å². The van der Waals surface area contributed by atoms with Gasteiger partial charge in [-0.15, -0.1) is 0 Å². The Bertz CT molecular complexity index is 819. The Morgan fingerprint density at radius 1 is 1.35 bits per heavy atom. The molecule has 1 saturated heterocycles. The van der Waals surface area contributed by atoms with Crippen molar-refractivity contribution in [2.24, 2.45) is 11.3 Å². The molecule has 2 amide bonds. The largest absolute Gasteiger partial charge is 0.481 e. The molecule has 2 N–H and O–H groups in total. The van der Waals surface area contributed by atoms with Crippen LogP contribution in [0.25, 0.3) is 11.3 Å². The lowest BCUT2D eigenvalue weighted by Crippen LogP contribution is -2.41. The van der Waals surface area contributed by atoms with Crippen LogP contribution in [0.1, 0.15) is 25.0 Å². The molecule has 26 heavy (non-hydrogen) atoms. The number of hydrogen-bond acceptors (Lipinski definition) is 4. The molecule has 0 bridgehead atoms. The average Bonchev–Trinajstić information content (AvgIpc) is 3.34. The second-order valence-corrected chi connectivity index (χ2v) is 7.14. The van der Waals surface area contributed by atoms with E-state index in [-0.39, 0.29) is 25.0 Å². The summed E-state index contributed by atoms with van der Waals surface area (Å²) in [5, 5.41) is 16.4. The molecule has 2 aromatic rings. The van der Waals surface area contributed by atoms with E-state index in [1.165, 1.54) is 0 Å². The molecule has 1 aromatic heterocycles. The van der Waals surface area contributed by atoms with Crippen molar-refractivity contribution in [3.05, 3.63) is 42.1 Å². The Kier molecular flexibility index (Phi) is 4.14. The van der Waals surface area contributed by atoms with Gasteiger partial charge in [-0.1, -0.05) is 41.9 Å². The maximum absolute atomic E-state index is 12.5. The minimum atomic E-state index is -0.778. The average molecular weight is 355 g/mol. The van der Waals surface area contributed by atoms with E-state index in [1.807, 2.05) is 30.3 Å². The maximum Gasteiger partial charge on any atom is 0.317 e. The summed E-state index contributed by atoms with van der Waals surface area (Å²) in [5.41, 5.74) is 0.795. The minimum absolute atomic E-state index is 0.0579. The van der Waals surface area contributed by atoms with Crippen molar-refractivity contribution in [2.45, 2.75) is 25.8 Å². The third-order valence-corrected chi connectivity index (χ3v) is 5.62. The highest BCUT2D eigenvalue weighted by Crippen LogP contribution is 2.48. The van der Waals surface area contributed by atoms with Crippen LogP contribution in [-0.4, -0.2) is 40.3 Å². The summed E-state index contributed by atoms with van der Waals surface area (Å²) < 4.78 is 5.32. The molecular weight excluding hydrogens is 334 g/mol. The number of carboxylic acids is 1. The van der Waals surface area contributed by atoms with Gasteiger partial charge in [0.2, 0.25) is 0 Å². The standard InChI is InChI=1S/C19H21N3O4/c23-17(24)19-8-4-7-14(19)11-22(12-19)18(25)20-10-15-9-16(26-21-15)13-5-2-1-3-6-13/h1-3,5-6,9,14H,4,7-8,10-12H2,(H,20,25)(H,23,24)/t14-,19+/m0/s1. The Hall–Kier alpha value is -2.83. The van der Waals surface area contributed by atoms with Gasteiger partial charge in [-0.05, 0) is 18.8 Å². The first-order chi connectivity index (χ1) is 12.6. The molecule has 2 fully saturated rings. The quantitative estimate of drug-likeness (QED) is 0.879. The monoisotopic (exact) mass is 355 g/mol. The molecule has 1 saturated carbocycles. The first-order valence-electron chi connectivity index (χ1n) is 8.86. The zero-order chi connectivity index (χ0) is 18.1. The molecule has 2 heterocycles. The molecular formula is C19H21N3O4. The van der Waals surface area contributed by atoms with Gasteiger partial charge in [0, 0.05) is 24.7 Å². The number of aliphatic carboxylic acids is 1. The van der Waals surface area contributed by atoms with Crippen LogP contribution in [0.3, 0.4) is 0 Å². The summed E-state index contributed by atoms with van der Waals surface area (Å²) in [6.07, 6.45) is 2.45. The van der Waals surface area contributed by atoms with Gasteiger partial charge in [0.25, 0.3) is 0 Å². The number of benzene rings is 1. The molecule has 0 unspecified atom stereocenters. The number of fused-ring (bicyclic) bond motifs is 1. The summed E-state index contributed by atoms with van der Waals surface area (Å²) in [6.45, 7) is 1.04. The zero-order valence-electron chi connectivity index (χ0n) is 14.4. The third-order valence-electron chi connectivity index (χ3n) is 5.62. The van der Waals surface area contributed by atoms with Crippen molar-refractivity contribution in [1.82, 2.24) is 15.4 Å². The Morgan fingerprint density at radius 2 is 2.15 bits per heavy atom. The first kappa shape index (κ1) is 16.6. The Labute approximate surface area is 151 Å². The SMILES string of the molecule is O=C(NCc1cc(-c2ccccc2)on1)N1C[C@@H]2CCC[C@@]2(C(=O)O)C1. The van der Waals surface area contributed by atoms with Crippen LogP contribution in [-0.2, 0) is 11.3 Å². The number of aromatic nitrogens is 1. The van der Waals surface area contributed by atoms with E-state index in [0.717, 1.165) is 18.4 Å². The second-order valence-electron chi connectivity index (χ2n) is 7.14. The predicted molar refractivity (Wildman–Crippen MR) is 93.2 cm³/mol. The summed E-state index contributed by atoms with van der Waals surface area (Å²) in [4.78, 5) is 25.8. The fourth-order valence-electron chi connectivity index (χ4n) is 4.21. The fourth-order valence-corrected chi connectivity index (χ4v) is 4.21. The van der Waals surface area contributed by atoms with Crippen LogP contribution in [0.4, 0.5) is 4.79 Å². The van der Waals surface area contributed by atoms with Gasteiger partial charge in [-0.2, -0.15) is 0 Å². The maximum atomic E-state index is 12.5. The number of rotatable bonds is 4. The van der Waals surface area contributed by atoms with Gasteiger partial charge in [-0.3, -0.25) is 4.79 Å². The lowest BCUT2D eigenvalue weighted by molar-refractivity contribution is -0.149. The molecule has 1 aliphatic carbocycles. The van der Waals surface area contributed by atoms with Crippen LogP contribution >= 0.6 is 0 Å². The molecule has 0 radical (unpaired) electrons. The lowest BCUT2D eigenvalue weighted by atomic mass is 9.81. The molecule has 2 aliphatic rings. The summed E-state index contributed by atoms with van der Waals surface area (Å²) in [5.74, 6) is -0.0721. The van der Waals surface area contributed by atoms with Gasteiger partial charge >= 0.3 is 12.0 Å². The number of carboxylic acid groups (broad SMARTS) is 1. The minimum Gasteiger partial charge on any atom is -0.481 e. The zero-order valence-corrected chi connectivity index (χ0v) is 14.4. The number of amides is 2. The molecule has 7 nitrogen and oxygen atoms in total. The van der Waals surface area contributed by atoms with Crippen LogP contribution in [0.5, 0.6) is 0 Å². The van der Waals surface area contributed by atoms with E-state index < -0.39 is 11.4 Å². The van der Waals surface area contributed by atoms with Crippen molar-refractivity contribution < 1.29 is 19.2 Å². The molecule has 2 atom stereocenters. The number of carbonyl (C=O) groups is 2. The normalized spacial score (nSPS) is 24.5. The van der Waals surface area contributed by atoms with Gasteiger partial charge in [0.15, 0.2) is 5.76 Å². The number of nitrogens with one attached hydrogen (secondary N) is 1. The molecule has 1 aliphatic heterocycles. The van der Waals surface area contributed by atoms with E-state index in [2.05, 4.69) is 10.5 Å². The van der Waals surface area contributed by atoms with Gasteiger partial charge < -0.3 is 19.8 Å². The molecule has 4 rings (SSSR count). The molecule has 7 heteroatoms. The number of carbonyl (C=O) groups excluding carboxylic acids is 1. The number of likely N-dealkylation sites (tertiary alicyclic amines) is 1. The second kappa shape index (κ2) is 6.48. The van der Waals surface area contributed by atoms with Crippen LogP contribution < -0.4 is 5.32 Å². The molecule has 1 aromatic carbocycles. The van der Waals surface area contributed by atoms with E-state index in [0.29, 0.717) is 24.4 Å². The lowest BCUT2D eigenvalue weighted by Gasteiger charge is -2.23. The van der Waals surface area contributed by atoms with Crippen LogP contribution in [0.2, 0.25) is 0 Å². The molecule has 0 spiro atoms. The highest BCUT2D eigenvalue weighted by Gasteiger charge is 2.55. The van der Waals surface area contributed by atoms with Gasteiger partial charge in [-0.25, -0.2) is 4.79 Å². The van der Waals surface area contributed by atoms with E-state index in [1.54, 1.807) is 11.0 Å². The van der Waals surface area contributed by atoms with E-state index in [4.69, 9.17) is 4.52 Å². The van der Waals surface area contributed by atoms with E-state index in [9.17, 15) is 14.7 Å². The molecule has 136 valence electrons. The van der Waals surface area contributed by atoms with E-state index >= 15 is 0 Å². The Balaban J connectivity index is 1.37. The summed E-state index contributed by atoms with van der Waals surface area (Å²) in [7, 11) is 0. The van der Waals surface area contributed by atoms with Gasteiger partial charge in [0.1, 0.15) is 5.69 Å². The number of nitrogens with zero attached hydrogens (tertiary/aromatic N) is 2. The van der Waals surface area contributed by atoms with Crippen molar-refractivity contribution >= 4 is 12.0 Å². The topological polar surface area (TPSA) is 95.7 Å². The van der Waals surface area contributed by atoms with Crippen molar-refractivity contribution in [3.8, 4) is 11.3 Å². The van der Waals surface area contributed by atoms with Gasteiger partial charge in [0.05, 0.1) is 12.0 Å². The van der Waals surface area contributed by atoms with Crippen molar-refractivity contribution in [2.75, 3.05) is 13.1 Å². The highest BCUT2D eigenvalue weighted by atomic mass is 16.5. The first-order valence-corrected chi connectivity index (χ1v) is 8.86. The highest BCUT2D eigenvalue weighted by molar-refractivity contribution is 5.80. The van der Waals surface area contributed by atoms with Crippen LogP contribution in [0.15, 0.2) is 40.9 Å². The predicted octanol–water partition coefficient (Wildman–Crippen LogP) is 2.74. The Morgan fingerprint density at radius 3 is 2.88 bits per heavy atom. The number of urea groups is 1. The van der Waals surface area contributed by atoms with Crippen molar-refractivity contribution in [1.29, 1.82) is 0 Å². The fraction of sp³-hybridized carbons (Fsp3) is 0.421. The third kappa shape index (κ3) is 2.83. The number of hydrogen-bond donors (Lipinski definition) is 2. The smallest absolute Gasteiger partial charge is 0.317 e. The summed E-state index contributed by atoms with van der Waals surface area (Å²) >= 11 is 0. The van der Waals surface area contributed by atoms with Crippen molar-refractivity contribution in [3.63, 3.8) is 0 Å².